The molecule has 1 fully saturated rings. The molecule has 1 aromatic heterocycles. The number of carbonyl (C=O) groups excluding carboxylic acids is 2. The van der Waals surface area contributed by atoms with Crippen molar-refractivity contribution in [2.24, 2.45) is 0 Å². The van der Waals surface area contributed by atoms with Crippen LogP contribution >= 0.6 is 0 Å². The van der Waals surface area contributed by atoms with Gasteiger partial charge < -0.3 is 14.1 Å². The normalized spacial score (nSPS) is 16.6. The van der Waals surface area contributed by atoms with Crippen LogP contribution in [0.2, 0.25) is 0 Å². The Labute approximate surface area is 124 Å². The van der Waals surface area contributed by atoms with Crippen LogP contribution in [0.25, 0.3) is 0 Å². The Morgan fingerprint density at radius 2 is 2.05 bits per heavy atom. The van der Waals surface area contributed by atoms with E-state index in [-0.39, 0.29) is 11.9 Å². The van der Waals surface area contributed by atoms with Crippen LogP contribution in [0.1, 0.15) is 35.2 Å². The second kappa shape index (κ2) is 6.76. The molecular weight excluding hydrogens is 272 g/mol. The molecule has 0 aliphatic carbocycles. The monoisotopic (exact) mass is 294 g/mol. The van der Waals surface area contributed by atoms with Gasteiger partial charge in [-0.2, -0.15) is 0 Å². The van der Waals surface area contributed by atoms with Gasteiger partial charge in [0.25, 0.3) is 0 Å². The third kappa shape index (κ3) is 3.85. The Bertz CT molecular complexity index is 524. The minimum Gasteiger partial charge on any atom is -0.465 e. The number of hydrogen-bond donors (Lipinski definition) is 0. The van der Waals surface area contributed by atoms with E-state index in [1.54, 1.807) is 19.9 Å². The average molecular weight is 294 g/mol. The van der Waals surface area contributed by atoms with Crippen LogP contribution in [0.15, 0.2) is 10.5 Å². The number of furan rings is 1. The minimum atomic E-state index is -0.374. The van der Waals surface area contributed by atoms with E-state index in [9.17, 15) is 9.59 Å². The number of aryl methyl sites for hydroxylation is 1. The summed E-state index contributed by atoms with van der Waals surface area (Å²) >= 11 is 0. The predicted octanol–water partition coefficient (Wildman–Crippen LogP) is 1.43. The molecule has 1 aromatic rings. The maximum absolute atomic E-state index is 11.6. The number of carbonyl (C=O) groups is 2. The van der Waals surface area contributed by atoms with Crippen LogP contribution in [-0.4, -0.2) is 55.0 Å². The van der Waals surface area contributed by atoms with Crippen LogP contribution < -0.4 is 0 Å². The Hall–Kier alpha value is -1.82. The molecular formula is C15H22N2O4. The SMILES string of the molecule is COC(=O)c1cc(CN2CCCN(C(C)=O)CC2)oc1C. The van der Waals surface area contributed by atoms with Crippen LogP contribution in [0.5, 0.6) is 0 Å². The Balaban J connectivity index is 1.99. The molecule has 1 aliphatic rings. The summed E-state index contributed by atoms with van der Waals surface area (Å²) in [6, 6.07) is 1.74. The maximum atomic E-state index is 11.6. The molecule has 0 unspecified atom stereocenters. The summed E-state index contributed by atoms with van der Waals surface area (Å²) < 4.78 is 10.4. The summed E-state index contributed by atoms with van der Waals surface area (Å²) in [4.78, 5) is 27.1. The molecule has 0 spiro atoms. The molecule has 1 saturated heterocycles. The summed E-state index contributed by atoms with van der Waals surface area (Å²) in [5, 5.41) is 0. The van der Waals surface area contributed by atoms with Crippen molar-refractivity contribution in [2.75, 3.05) is 33.3 Å². The van der Waals surface area contributed by atoms with Gasteiger partial charge in [-0.3, -0.25) is 9.69 Å². The Morgan fingerprint density at radius 1 is 1.29 bits per heavy atom. The van der Waals surface area contributed by atoms with Gasteiger partial charge in [-0.15, -0.1) is 0 Å². The van der Waals surface area contributed by atoms with Gasteiger partial charge in [0.2, 0.25) is 5.91 Å². The summed E-state index contributed by atoms with van der Waals surface area (Å²) in [6.07, 6.45) is 0.948. The van der Waals surface area contributed by atoms with Gasteiger partial charge in [0.1, 0.15) is 17.1 Å². The largest absolute Gasteiger partial charge is 0.465 e. The van der Waals surface area contributed by atoms with E-state index < -0.39 is 0 Å². The number of amides is 1. The first-order chi connectivity index (χ1) is 10.0. The Morgan fingerprint density at radius 3 is 2.71 bits per heavy atom. The molecule has 1 aliphatic heterocycles. The predicted molar refractivity (Wildman–Crippen MR) is 76.9 cm³/mol. The lowest BCUT2D eigenvalue weighted by molar-refractivity contribution is -0.128. The first kappa shape index (κ1) is 15.6. The van der Waals surface area contributed by atoms with Crippen molar-refractivity contribution >= 4 is 11.9 Å². The van der Waals surface area contributed by atoms with Gasteiger partial charge >= 0.3 is 5.97 Å². The standard InChI is InChI=1S/C15H22N2O4/c1-11-14(15(19)20-3)9-13(21-11)10-16-5-4-6-17(8-7-16)12(2)18/h9H,4-8,10H2,1-3H3. The van der Waals surface area contributed by atoms with Crippen LogP contribution in [0, 0.1) is 6.92 Å². The number of nitrogens with zero attached hydrogens (tertiary/aromatic N) is 2. The van der Waals surface area contributed by atoms with Crippen molar-refractivity contribution in [1.82, 2.24) is 9.80 Å². The average Bonchev–Trinajstić information content (AvgIpc) is 2.66. The zero-order valence-electron chi connectivity index (χ0n) is 12.8. The van der Waals surface area contributed by atoms with Crippen LogP contribution in [0.4, 0.5) is 0 Å². The second-order valence-corrected chi connectivity index (χ2v) is 5.31. The highest BCUT2D eigenvalue weighted by Crippen LogP contribution is 2.18. The van der Waals surface area contributed by atoms with Crippen molar-refractivity contribution < 1.29 is 18.7 Å². The maximum Gasteiger partial charge on any atom is 0.341 e. The molecule has 0 saturated carbocycles. The fourth-order valence-electron chi connectivity index (χ4n) is 2.60. The summed E-state index contributed by atoms with van der Waals surface area (Å²) in [5.41, 5.74) is 0.479. The first-order valence-electron chi connectivity index (χ1n) is 7.16. The van der Waals surface area contributed by atoms with Gasteiger partial charge in [0.15, 0.2) is 0 Å². The molecule has 0 aromatic carbocycles. The van der Waals surface area contributed by atoms with Crippen molar-refractivity contribution in [2.45, 2.75) is 26.8 Å². The number of hydrogen-bond acceptors (Lipinski definition) is 5. The molecule has 0 bridgehead atoms. The van der Waals surface area contributed by atoms with E-state index in [0.29, 0.717) is 17.9 Å². The molecule has 6 heteroatoms. The number of methoxy groups -OCH3 is 1. The number of rotatable bonds is 3. The minimum absolute atomic E-state index is 0.124. The highest BCUT2D eigenvalue weighted by Gasteiger charge is 2.20. The van der Waals surface area contributed by atoms with Gasteiger partial charge in [0, 0.05) is 33.1 Å². The van der Waals surface area contributed by atoms with Crippen LogP contribution in [0.3, 0.4) is 0 Å². The third-order valence-electron chi connectivity index (χ3n) is 3.79. The summed E-state index contributed by atoms with van der Waals surface area (Å²) in [7, 11) is 1.36. The number of esters is 1. The molecule has 2 rings (SSSR count). The van der Waals surface area contributed by atoms with E-state index in [4.69, 9.17) is 9.15 Å². The highest BCUT2D eigenvalue weighted by atomic mass is 16.5. The Kier molecular flexibility index (Phi) is 5.01. The third-order valence-corrected chi connectivity index (χ3v) is 3.79. The number of ether oxygens (including phenoxy) is 1. The van der Waals surface area contributed by atoms with Gasteiger partial charge in [-0.25, -0.2) is 4.79 Å². The molecule has 6 nitrogen and oxygen atoms in total. The molecule has 21 heavy (non-hydrogen) atoms. The van der Waals surface area contributed by atoms with E-state index in [2.05, 4.69) is 4.90 Å². The van der Waals surface area contributed by atoms with Gasteiger partial charge in [0.05, 0.1) is 13.7 Å². The zero-order chi connectivity index (χ0) is 15.4. The molecule has 0 radical (unpaired) electrons. The summed E-state index contributed by atoms with van der Waals surface area (Å²) in [6.45, 7) is 7.27. The lowest BCUT2D eigenvalue weighted by atomic mass is 10.2. The highest BCUT2D eigenvalue weighted by molar-refractivity contribution is 5.90. The first-order valence-corrected chi connectivity index (χ1v) is 7.16. The topological polar surface area (TPSA) is 63.0 Å². The molecule has 116 valence electrons. The van der Waals surface area contributed by atoms with Crippen molar-refractivity contribution in [3.05, 3.63) is 23.2 Å². The quantitative estimate of drug-likeness (QED) is 0.789. The van der Waals surface area contributed by atoms with E-state index in [1.807, 2.05) is 4.90 Å². The fraction of sp³-hybridized carbons (Fsp3) is 0.600. The summed E-state index contributed by atoms with van der Waals surface area (Å²) in [5.74, 6) is 1.08. The molecule has 0 atom stereocenters. The van der Waals surface area contributed by atoms with E-state index >= 15 is 0 Å². The fourth-order valence-corrected chi connectivity index (χ4v) is 2.60. The lowest BCUT2D eigenvalue weighted by Gasteiger charge is -2.20. The smallest absolute Gasteiger partial charge is 0.341 e. The lowest BCUT2D eigenvalue weighted by Crippen LogP contribution is -2.33. The molecule has 1 amide bonds. The van der Waals surface area contributed by atoms with Crippen molar-refractivity contribution in [1.29, 1.82) is 0 Å². The molecule has 0 N–H and O–H groups in total. The van der Waals surface area contributed by atoms with E-state index in [1.165, 1.54) is 7.11 Å². The molecule has 2 heterocycles. The van der Waals surface area contributed by atoms with Crippen LogP contribution in [-0.2, 0) is 16.1 Å². The van der Waals surface area contributed by atoms with E-state index in [0.717, 1.165) is 38.4 Å². The zero-order valence-corrected chi connectivity index (χ0v) is 12.8. The second-order valence-electron chi connectivity index (χ2n) is 5.31. The van der Waals surface area contributed by atoms with Crippen molar-refractivity contribution in [3.8, 4) is 0 Å². The van der Waals surface area contributed by atoms with Crippen molar-refractivity contribution in [3.63, 3.8) is 0 Å². The van der Waals surface area contributed by atoms with Gasteiger partial charge in [-0.05, 0) is 19.4 Å². The van der Waals surface area contributed by atoms with Gasteiger partial charge in [-0.1, -0.05) is 0 Å².